The third-order valence-electron chi connectivity index (χ3n) is 8.54. The zero-order chi connectivity index (χ0) is 20.8. The van der Waals surface area contributed by atoms with Gasteiger partial charge in [-0.05, 0) is 84.8 Å². The molecule has 4 rings (SSSR count). The molecular formula is C24H35NO4. The SMILES string of the molecule is CCOC1=CC2=CC[C@@H]3[C@H]([C@@H](O)C[C@]4(C)C(=C(CO)NC=O)CC[C@@H]34)[C@@]2(C)CC1. The highest BCUT2D eigenvalue weighted by Gasteiger charge is 2.60. The maximum atomic E-state index is 11.4. The van der Waals surface area contributed by atoms with Crippen LogP contribution in [0.1, 0.15) is 59.3 Å². The van der Waals surface area contributed by atoms with Crippen molar-refractivity contribution in [1.82, 2.24) is 5.32 Å². The van der Waals surface area contributed by atoms with E-state index in [9.17, 15) is 15.0 Å². The van der Waals surface area contributed by atoms with Crippen LogP contribution in [-0.2, 0) is 9.53 Å². The Bertz CT molecular complexity index is 769. The van der Waals surface area contributed by atoms with Crippen LogP contribution in [-0.4, -0.2) is 35.9 Å². The number of fused-ring (bicyclic) bond motifs is 5. The fourth-order valence-electron chi connectivity index (χ4n) is 7.34. The lowest BCUT2D eigenvalue weighted by atomic mass is 9.47. The van der Waals surface area contributed by atoms with Crippen molar-refractivity contribution in [3.05, 3.63) is 34.8 Å². The number of aliphatic hydroxyl groups is 2. The third kappa shape index (κ3) is 3.09. The minimum atomic E-state index is -0.388. The van der Waals surface area contributed by atoms with Gasteiger partial charge < -0.3 is 20.3 Å². The van der Waals surface area contributed by atoms with E-state index < -0.39 is 0 Å². The molecule has 0 aliphatic heterocycles. The molecule has 3 N–H and O–H groups in total. The summed E-state index contributed by atoms with van der Waals surface area (Å²) in [6, 6.07) is 0. The van der Waals surface area contributed by atoms with Crippen molar-refractivity contribution >= 4 is 6.41 Å². The maximum Gasteiger partial charge on any atom is 0.211 e. The molecule has 0 radical (unpaired) electrons. The highest BCUT2D eigenvalue weighted by Crippen LogP contribution is 2.66. The average molecular weight is 402 g/mol. The summed E-state index contributed by atoms with van der Waals surface area (Å²) in [5.41, 5.74) is 2.92. The first-order valence-corrected chi connectivity index (χ1v) is 11.1. The van der Waals surface area contributed by atoms with E-state index in [0.717, 1.165) is 43.4 Å². The molecule has 5 nitrogen and oxygen atoms in total. The molecule has 1 amide bonds. The van der Waals surface area contributed by atoms with Gasteiger partial charge in [0.25, 0.3) is 0 Å². The quantitative estimate of drug-likeness (QED) is 0.617. The van der Waals surface area contributed by atoms with Crippen LogP contribution in [0, 0.1) is 28.6 Å². The highest BCUT2D eigenvalue weighted by molar-refractivity contribution is 5.51. The number of aliphatic hydroxyl groups excluding tert-OH is 2. The molecule has 0 aromatic carbocycles. The predicted molar refractivity (Wildman–Crippen MR) is 111 cm³/mol. The van der Waals surface area contributed by atoms with Gasteiger partial charge in [0.2, 0.25) is 6.41 Å². The van der Waals surface area contributed by atoms with E-state index >= 15 is 0 Å². The fourth-order valence-corrected chi connectivity index (χ4v) is 7.34. The van der Waals surface area contributed by atoms with Crippen molar-refractivity contribution in [2.75, 3.05) is 13.2 Å². The number of hydrogen-bond acceptors (Lipinski definition) is 4. The standard InChI is InChI=1S/C24H35NO4/c1-4-29-16-9-10-23(2)15(11-16)5-6-17-18-7-8-19(20(13-26)25-14-27)24(18,3)12-21(28)22(17)23/h5,11,14,17-18,21-22,26,28H,4,6-10,12-13H2,1-3H3,(H,25,27)/t17-,18-,21-,22+,23-,24-/m0/s1. The van der Waals surface area contributed by atoms with E-state index in [1.54, 1.807) is 0 Å². The normalized spacial score (nSPS) is 42.7. The van der Waals surface area contributed by atoms with Gasteiger partial charge >= 0.3 is 0 Å². The number of rotatable bonds is 5. The summed E-state index contributed by atoms with van der Waals surface area (Å²) >= 11 is 0. The van der Waals surface area contributed by atoms with Crippen molar-refractivity contribution in [3.8, 4) is 0 Å². The van der Waals surface area contributed by atoms with Crippen LogP contribution < -0.4 is 5.32 Å². The number of ether oxygens (including phenoxy) is 1. The molecule has 29 heavy (non-hydrogen) atoms. The van der Waals surface area contributed by atoms with Crippen LogP contribution in [0.3, 0.4) is 0 Å². The van der Waals surface area contributed by atoms with Crippen LogP contribution in [0.4, 0.5) is 0 Å². The molecule has 0 aromatic heterocycles. The largest absolute Gasteiger partial charge is 0.498 e. The topological polar surface area (TPSA) is 78.8 Å². The summed E-state index contributed by atoms with van der Waals surface area (Å²) in [5, 5.41) is 24.0. The lowest BCUT2D eigenvalue weighted by molar-refractivity contribution is -0.109. The van der Waals surface area contributed by atoms with E-state index in [1.807, 2.05) is 6.92 Å². The van der Waals surface area contributed by atoms with Crippen molar-refractivity contribution in [2.45, 2.75) is 65.4 Å². The van der Waals surface area contributed by atoms with Gasteiger partial charge in [-0.2, -0.15) is 0 Å². The van der Waals surface area contributed by atoms with Crippen LogP contribution >= 0.6 is 0 Å². The second kappa shape index (κ2) is 7.59. The van der Waals surface area contributed by atoms with Gasteiger partial charge in [-0.15, -0.1) is 0 Å². The molecule has 6 atom stereocenters. The molecule has 0 heterocycles. The Kier molecular flexibility index (Phi) is 5.41. The lowest BCUT2D eigenvalue weighted by Gasteiger charge is -2.58. The molecular weight excluding hydrogens is 366 g/mol. The van der Waals surface area contributed by atoms with Crippen molar-refractivity contribution in [3.63, 3.8) is 0 Å². The number of amides is 1. The summed E-state index contributed by atoms with van der Waals surface area (Å²) in [4.78, 5) is 11.0. The third-order valence-corrected chi connectivity index (χ3v) is 8.54. The smallest absolute Gasteiger partial charge is 0.211 e. The van der Waals surface area contributed by atoms with Crippen molar-refractivity contribution in [2.24, 2.45) is 28.6 Å². The maximum absolute atomic E-state index is 11.4. The number of nitrogens with one attached hydrogen (secondary N) is 1. The zero-order valence-electron chi connectivity index (χ0n) is 17.9. The average Bonchev–Trinajstić information content (AvgIpc) is 3.02. The van der Waals surface area contributed by atoms with Gasteiger partial charge in [0, 0.05) is 12.1 Å². The molecule has 0 aromatic rings. The van der Waals surface area contributed by atoms with Crippen LogP contribution in [0.5, 0.6) is 0 Å². The summed E-state index contributed by atoms with van der Waals surface area (Å²) in [6.45, 7) is 7.13. The molecule has 4 aliphatic rings. The number of carbonyl (C=O) groups is 1. The first-order chi connectivity index (χ1) is 13.9. The molecule has 2 saturated carbocycles. The lowest BCUT2D eigenvalue weighted by Crippen LogP contribution is -2.55. The molecule has 0 bridgehead atoms. The van der Waals surface area contributed by atoms with E-state index in [0.29, 0.717) is 37.0 Å². The second-order valence-corrected chi connectivity index (χ2v) is 9.76. The van der Waals surface area contributed by atoms with Crippen molar-refractivity contribution in [1.29, 1.82) is 0 Å². The zero-order valence-corrected chi connectivity index (χ0v) is 17.9. The van der Waals surface area contributed by atoms with Gasteiger partial charge in [0.05, 0.1) is 25.1 Å². The molecule has 0 spiro atoms. The summed E-state index contributed by atoms with van der Waals surface area (Å²) in [6.07, 6.45) is 10.4. The van der Waals surface area contributed by atoms with Gasteiger partial charge in [0.1, 0.15) is 0 Å². The van der Waals surface area contributed by atoms with E-state index in [2.05, 4.69) is 31.3 Å². The fraction of sp³-hybridized carbons (Fsp3) is 0.708. The summed E-state index contributed by atoms with van der Waals surface area (Å²) in [5.74, 6) is 2.21. The summed E-state index contributed by atoms with van der Waals surface area (Å²) < 4.78 is 5.79. The number of allylic oxidation sites excluding steroid dienone is 5. The molecule has 2 fully saturated rings. The molecule has 0 saturated heterocycles. The number of hydrogen-bond donors (Lipinski definition) is 3. The van der Waals surface area contributed by atoms with Gasteiger partial charge in [-0.1, -0.05) is 19.9 Å². The molecule has 0 unspecified atom stereocenters. The Morgan fingerprint density at radius 1 is 1.34 bits per heavy atom. The van der Waals surface area contributed by atoms with Crippen molar-refractivity contribution < 1.29 is 19.7 Å². The second-order valence-electron chi connectivity index (χ2n) is 9.76. The van der Waals surface area contributed by atoms with Gasteiger partial charge in [-0.25, -0.2) is 0 Å². The molecule has 160 valence electrons. The highest BCUT2D eigenvalue weighted by atomic mass is 16.5. The Morgan fingerprint density at radius 3 is 2.83 bits per heavy atom. The van der Waals surface area contributed by atoms with Crippen LogP contribution in [0.25, 0.3) is 0 Å². The summed E-state index contributed by atoms with van der Waals surface area (Å²) in [7, 11) is 0. The van der Waals surface area contributed by atoms with Crippen LogP contribution in [0.15, 0.2) is 34.8 Å². The molecule has 5 heteroatoms. The minimum Gasteiger partial charge on any atom is -0.498 e. The van der Waals surface area contributed by atoms with Gasteiger partial charge in [0.15, 0.2) is 0 Å². The number of carbonyl (C=O) groups excluding carboxylic acids is 1. The van der Waals surface area contributed by atoms with E-state index in [1.165, 1.54) is 5.57 Å². The Balaban J connectivity index is 1.71. The molecule has 4 aliphatic carbocycles. The Hall–Kier alpha value is -1.59. The van der Waals surface area contributed by atoms with Crippen LogP contribution in [0.2, 0.25) is 0 Å². The Morgan fingerprint density at radius 2 is 2.14 bits per heavy atom. The van der Waals surface area contributed by atoms with Gasteiger partial charge in [-0.3, -0.25) is 4.79 Å². The predicted octanol–water partition coefficient (Wildman–Crippen LogP) is 3.44. The Labute approximate surface area is 173 Å². The first-order valence-electron chi connectivity index (χ1n) is 11.1. The van der Waals surface area contributed by atoms with E-state index in [-0.39, 0.29) is 29.5 Å². The first kappa shape index (κ1) is 20.7. The minimum absolute atomic E-state index is 0.0163. The van der Waals surface area contributed by atoms with E-state index in [4.69, 9.17) is 4.74 Å². The monoisotopic (exact) mass is 401 g/mol.